The maximum atomic E-state index is 5.14. The van der Waals surface area contributed by atoms with Gasteiger partial charge in [0.05, 0.1) is 18.1 Å². The molecular formula is C13H10N2O. The molecule has 0 saturated heterocycles. The van der Waals surface area contributed by atoms with Gasteiger partial charge in [-0.3, -0.25) is 4.98 Å². The van der Waals surface area contributed by atoms with Crippen molar-refractivity contribution in [3.63, 3.8) is 0 Å². The van der Waals surface area contributed by atoms with E-state index in [0.29, 0.717) is 5.88 Å². The summed E-state index contributed by atoms with van der Waals surface area (Å²) < 4.78 is 5.14. The topological polar surface area (TPSA) is 35.0 Å². The van der Waals surface area contributed by atoms with E-state index in [1.807, 2.05) is 36.4 Å². The normalized spacial score (nSPS) is 10.8. The van der Waals surface area contributed by atoms with Gasteiger partial charge in [-0.1, -0.05) is 6.07 Å². The molecule has 0 unspecified atom stereocenters. The van der Waals surface area contributed by atoms with Gasteiger partial charge in [-0.2, -0.15) is 0 Å². The van der Waals surface area contributed by atoms with Crippen molar-refractivity contribution in [1.29, 1.82) is 0 Å². The third kappa shape index (κ3) is 1.29. The Bertz CT molecular complexity index is 664. The molecule has 0 amide bonds. The molecule has 16 heavy (non-hydrogen) atoms. The predicted molar refractivity (Wildman–Crippen MR) is 63.6 cm³/mol. The number of benzene rings is 1. The van der Waals surface area contributed by atoms with Crippen LogP contribution in [0.15, 0.2) is 42.6 Å². The summed E-state index contributed by atoms with van der Waals surface area (Å²) in [6.45, 7) is 0. The van der Waals surface area contributed by atoms with Gasteiger partial charge >= 0.3 is 0 Å². The minimum atomic E-state index is 0.629. The smallest absolute Gasteiger partial charge is 0.213 e. The van der Waals surface area contributed by atoms with Gasteiger partial charge in [-0.25, -0.2) is 4.98 Å². The number of fused-ring (bicyclic) bond motifs is 3. The van der Waals surface area contributed by atoms with Crippen LogP contribution < -0.4 is 4.74 Å². The van der Waals surface area contributed by atoms with Gasteiger partial charge < -0.3 is 4.74 Å². The van der Waals surface area contributed by atoms with E-state index >= 15 is 0 Å². The highest BCUT2D eigenvalue weighted by molar-refractivity contribution is 6.03. The lowest BCUT2D eigenvalue weighted by Gasteiger charge is -2.04. The molecule has 0 N–H and O–H groups in total. The van der Waals surface area contributed by atoms with Crippen LogP contribution in [0.5, 0.6) is 5.88 Å². The summed E-state index contributed by atoms with van der Waals surface area (Å²) in [5.41, 5.74) is 1.89. The Morgan fingerprint density at radius 3 is 2.81 bits per heavy atom. The van der Waals surface area contributed by atoms with E-state index in [9.17, 15) is 0 Å². The number of pyridine rings is 2. The first-order valence-electron chi connectivity index (χ1n) is 5.07. The summed E-state index contributed by atoms with van der Waals surface area (Å²) >= 11 is 0. The molecule has 0 aliphatic rings. The molecule has 0 radical (unpaired) electrons. The van der Waals surface area contributed by atoms with Crippen molar-refractivity contribution in [1.82, 2.24) is 9.97 Å². The Balaban J connectivity index is 2.47. The number of nitrogens with zero attached hydrogens (tertiary/aromatic N) is 2. The Morgan fingerprint density at radius 1 is 1.06 bits per heavy atom. The summed E-state index contributed by atoms with van der Waals surface area (Å²) in [5.74, 6) is 0.629. The zero-order chi connectivity index (χ0) is 11.0. The van der Waals surface area contributed by atoms with Crippen LogP contribution in [0.2, 0.25) is 0 Å². The highest BCUT2D eigenvalue weighted by Gasteiger charge is 2.03. The summed E-state index contributed by atoms with van der Waals surface area (Å²) in [6.07, 6.45) is 1.79. The van der Waals surface area contributed by atoms with Crippen LogP contribution in [-0.2, 0) is 0 Å². The molecule has 3 heteroatoms. The van der Waals surface area contributed by atoms with Gasteiger partial charge in [0.25, 0.3) is 0 Å². The summed E-state index contributed by atoms with van der Waals surface area (Å²) in [4.78, 5) is 8.77. The first kappa shape index (κ1) is 9.09. The largest absolute Gasteiger partial charge is 0.481 e. The molecule has 0 fully saturated rings. The third-order valence-electron chi connectivity index (χ3n) is 2.62. The van der Waals surface area contributed by atoms with E-state index in [1.165, 1.54) is 0 Å². The summed E-state index contributed by atoms with van der Waals surface area (Å²) in [6, 6.07) is 11.8. The second kappa shape index (κ2) is 3.45. The van der Waals surface area contributed by atoms with Crippen molar-refractivity contribution < 1.29 is 4.74 Å². The molecule has 0 saturated carbocycles. The SMILES string of the molecule is COc1ccc2ccc3ncccc3c2n1. The van der Waals surface area contributed by atoms with E-state index in [0.717, 1.165) is 21.8 Å². The standard InChI is InChI=1S/C13H10N2O/c1-16-12-7-5-9-4-6-11-10(13(9)15-12)3-2-8-14-11/h2-8H,1H3. The Labute approximate surface area is 92.7 Å². The molecule has 2 heterocycles. The monoisotopic (exact) mass is 210 g/mol. The predicted octanol–water partition coefficient (Wildman–Crippen LogP) is 2.79. The molecule has 78 valence electrons. The highest BCUT2D eigenvalue weighted by atomic mass is 16.5. The van der Waals surface area contributed by atoms with E-state index in [2.05, 4.69) is 9.97 Å². The Kier molecular flexibility index (Phi) is 1.96. The van der Waals surface area contributed by atoms with Crippen molar-refractivity contribution in [2.45, 2.75) is 0 Å². The lowest BCUT2D eigenvalue weighted by atomic mass is 10.1. The maximum Gasteiger partial charge on any atom is 0.213 e. The van der Waals surface area contributed by atoms with Crippen molar-refractivity contribution >= 4 is 21.8 Å². The van der Waals surface area contributed by atoms with Crippen molar-refractivity contribution in [2.75, 3.05) is 7.11 Å². The maximum absolute atomic E-state index is 5.14. The van der Waals surface area contributed by atoms with Crippen LogP contribution in [0.4, 0.5) is 0 Å². The second-order valence-corrected chi connectivity index (χ2v) is 3.56. The molecule has 0 bridgehead atoms. The number of hydrogen-bond donors (Lipinski definition) is 0. The lowest BCUT2D eigenvalue weighted by molar-refractivity contribution is 0.399. The fourth-order valence-corrected chi connectivity index (χ4v) is 1.84. The van der Waals surface area contributed by atoms with E-state index in [1.54, 1.807) is 13.3 Å². The fourth-order valence-electron chi connectivity index (χ4n) is 1.84. The third-order valence-corrected chi connectivity index (χ3v) is 2.62. The molecular weight excluding hydrogens is 200 g/mol. The Hall–Kier alpha value is -2.16. The van der Waals surface area contributed by atoms with Gasteiger partial charge in [-0.05, 0) is 24.3 Å². The first-order chi connectivity index (χ1) is 7.88. The van der Waals surface area contributed by atoms with E-state index in [-0.39, 0.29) is 0 Å². The zero-order valence-electron chi connectivity index (χ0n) is 8.84. The summed E-state index contributed by atoms with van der Waals surface area (Å²) in [7, 11) is 1.62. The van der Waals surface area contributed by atoms with Crippen LogP contribution in [0, 0.1) is 0 Å². The van der Waals surface area contributed by atoms with Gasteiger partial charge in [0.2, 0.25) is 5.88 Å². The Morgan fingerprint density at radius 2 is 1.94 bits per heavy atom. The number of hydrogen-bond acceptors (Lipinski definition) is 3. The minimum Gasteiger partial charge on any atom is -0.481 e. The first-order valence-corrected chi connectivity index (χ1v) is 5.07. The molecule has 0 aliphatic carbocycles. The fraction of sp³-hybridized carbons (Fsp3) is 0.0769. The number of methoxy groups -OCH3 is 1. The lowest BCUT2D eigenvalue weighted by Crippen LogP contribution is -1.89. The van der Waals surface area contributed by atoms with Gasteiger partial charge in [0, 0.05) is 23.0 Å². The molecule has 3 aromatic rings. The quantitative estimate of drug-likeness (QED) is 0.579. The van der Waals surface area contributed by atoms with Crippen LogP contribution >= 0.6 is 0 Å². The van der Waals surface area contributed by atoms with E-state index in [4.69, 9.17) is 4.74 Å². The van der Waals surface area contributed by atoms with Crippen LogP contribution in [0.3, 0.4) is 0 Å². The van der Waals surface area contributed by atoms with Crippen LogP contribution in [0.25, 0.3) is 21.8 Å². The average Bonchev–Trinajstić information content (AvgIpc) is 2.38. The van der Waals surface area contributed by atoms with Gasteiger partial charge in [-0.15, -0.1) is 0 Å². The molecule has 0 atom stereocenters. The molecule has 0 spiro atoms. The average molecular weight is 210 g/mol. The van der Waals surface area contributed by atoms with Crippen molar-refractivity contribution in [3.8, 4) is 5.88 Å². The van der Waals surface area contributed by atoms with Crippen LogP contribution in [-0.4, -0.2) is 17.1 Å². The van der Waals surface area contributed by atoms with Gasteiger partial charge in [0.15, 0.2) is 0 Å². The molecule has 1 aromatic carbocycles. The zero-order valence-corrected chi connectivity index (χ0v) is 8.84. The van der Waals surface area contributed by atoms with Crippen molar-refractivity contribution in [3.05, 3.63) is 42.6 Å². The van der Waals surface area contributed by atoms with Gasteiger partial charge in [0.1, 0.15) is 0 Å². The van der Waals surface area contributed by atoms with E-state index < -0.39 is 0 Å². The van der Waals surface area contributed by atoms with Crippen molar-refractivity contribution in [2.24, 2.45) is 0 Å². The molecule has 2 aromatic heterocycles. The number of aromatic nitrogens is 2. The van der Waals surface area contributed by atoms with Crippen LogP contribution in [0.1, 0.15) is 0 Å². The molecule has 0 aliphatic heterocycles. The number of ether oxygens (including phenoxy) is 1. The minimum absolute atomic E-state index is 0.629. The number of rotatable bonds is 1. The molecule has 3 rings (SSSR count). The highest BCUT2D eigenvalue weighted by Crippen LogP contribution is 2.24. The second-order valence-electron chi connectivity index (χ2n) is 3.56. The molecule has 3 nitrogen and oxygen atoms in total. The summed E-state index contributed by atoms with van der Waals surface area (Å²) in [5, 5.41) is 2.15.